The first-order chi connectivity index (χ1) is 10.8. The summed E-state index contributed by atoms with van der Waals surface area (Å²) in [5.74, 6) is 1.63. The summed E-state index contributed by atoms with van der Waals surface area (Å²) in [6.45, 7) is 8.03. The predicted octanol–water partition coefficient (Wildman–Crippen LogP) is 3.28. The van der Waals surface area contributed by atoms with E-state index in [0.29, 0.717) is 13.2 Å². The molecule has 0 aliphatic heterocycles. The Kier molecular flexibility index (Phi) is 9.17. The van der Waals surface area contributed by atoms with Crippen LogP contribution in [0, 0.1) is 0 Å². The molecule has 0 aliphatic carbocycles. The number of hydrogen-bond donors (Lipinski definition) is 1. The third kappa shape index (κ3) is 6.50. The second-order valence-corrected chi connectivity index (χ2v) is 4.98. The Morgan fingerprint density at radius 3 is 2.61 bits per heavy atom. The van der Waals surface area contributed by atoms with Gasteiger partial charge in [0.25, 0.3) is 0 Å². The Hall–Kier alpha value is -1.72. The number of hydrogen-bond acceptors (Lipinski definition) is 4. The molecule has 0 saturated heterocycles. The highest BCUT2D eigenvalue weighted by atomic mass is 35.5. The van der Waals surface area contributed by atoms with E-state index in [1.807, 2.05) is 38.6 Å². The van der Waals surface area contributed by atoms with Gasteiger partial charge in [0.2, 0.25) is 0 Å². The first-order valence-electron chi connectivity index (χ1n) is 7.88. The lowest BCUT2D eigenvalue weighted by Gasteiger charge is -2.13. The van der Waals surface area contributed by atoms with Crippen LogP contribution in [0.5, 0.6) is 11.5 Å². The zero-order chi connectivity index (χ0) is 15.6. The van der Waals surface area contributed by atoms with Crippen LogP contribution in [0.1, 0.15) is 25.8 Å². The van der Waals surface area contributed by atoms with Gasteiger partial charge in [-0.25, -0.2) is 4.98 Å². The van der Waals surface area contributed by atoms with Crippen LogP contribution in [0.4, 0.5) is 0 Å². The topological polar surface area (TPSA) is 48.3 Å². The molecule has 0 unspecified atom stereocenters. The molecule has 0 spiro atoms. The van der Waals surface area contributed by atoms with Gasteiger partial charge in [0, 0.05) is 25.5 Å². The van der Waals surface area contributed by atoms with Crippen LogP contribution in [-0.2, 0) is 13.1 Å². The van der Waals surface area contributed by atoms with Gasteiger partial charge in [-0.2, -0.15) is 0 Å². The fraction of sp³-hybridized carbons (Fsp3) is 0.471. The van der Waals surface area contributed by atoms with Crippen LogP contribution in [0.2, 0.25) is 0 Å². The summed E-state index contributed by atoms with van der Waals surface area (Å²) in [6, 6.07) is 6.12. The molecule has 0 fully saturated rings. The number of aromatic nitrogens is 2. The Bertz CT molecular complexity index is 547. The molecule has 2 rings (SSSR count). The van der Waals surface area contributed by atoms with E-state index in [-0.39, 0.29) is 12.4 Å². The van der Waals surface area contributed by atoms with E-state index < -0.39 is 0 Å². The fourth-order valence-corrected chi connectivity index (χ4v) is 2.24. The number of aryl methyl sites for hydroxylation is 1. The van der Waals surface area contributed by atoms with Crippen molar-refractivity contribution in [1.29, 1.82) is 0 Å². The van der Waals surface area contributed by atoms with Gasteiger partial charge in [0.1, 0.15) is 0 Å². The summed E-state index contributed by atoms with van der Waals surface area (Å²) in [7, 11) is 0. The lowest BCUT2D eigenvalue weighted by molar-refractivity contribution is 0.287. The van der Waals surface area contributed by atoms with Gasteiger partial charge in [-0.3, -0.25) is 0 Å². The van der Waals surface area contributed by atoms with E-state index in [4.69, 9.17) is 9.47 Å². The van der Waals surface area contributed by atoms with Gasteiger partial charge < -0.3 is 19.4 Å². The second-order valence-electron chi connectivity index (χ2n) is 4.98. The van der Waals surface area contributed by atoms with Crippen molar-refractivity contribution in [3.8, 4) is 11.5 Å². The molecule has 128 valence electrons. The average Bonchev–Trinajstić information content (AvgIpc) is 3.03. The quantitative estimate of drug-likeness (QED) is 0.675. The molecule has 6 heteroatoms. The summed E-state index contributed by atoms with van der Waals surface area (Å²) in [4.78, 5) is 4.04. The maximum absolute atomic E-state index is 5.64. The van der Waals surface area contributed by atoms with Crippen LogP contribution in [0.3, 0.4) is 0 Å². The molecule has 1 aromatic heterocycles. The number of rotatable bonds is 10. The highest BCUT2D eigenvalue weighted by Crippen LogP contribution is 2.28. The molecule has 5 nitrogen and oxygen atoms in total. The van der Waals surface area contributed by atoms with Crippen LogP contribution in [0.15, 0.2) is 36.9 Å². The van der Waals surface area contributed by atoms with Gasteiger partial charge in [0.05, 0.1) is 19.5 Å². The minimum atomic E-state index is 0. The van der Waals surface area contributed by atoms with E-state index in [9.17, 15) is 0 Å². The van der Waals surface area contributed by atoms with Crippen molar-refractivity contribution in [3.63, 3.8) is 0 Å². The van der Waals surface area contributed by atoms with Gasteiger partial charge in [-0.05, 0) is 44.5 Å². The number of nitrogens with one attached hydrogen (secondary N) is 1. The SMILES string of the molecule is CCOc1ccc(CNCCCn2ccnc2)cc1OCC.Cl. The standard InChI is InChI=1S/C17H25N3O2.ClH/c1-3-21-16-7-6-15(12-17(16)22-4-2)13-18-8-5-10-20-11-9-19-14-20;/h6-7,9,11-12,14,18H,3-5,8,10,13H2,1-2H3;1H. The highest BCUT2D eigenvalue weighted by Gasteiger charge is 2.05. The molecule has 23 heavy (non-hydrogen) atoms. The Balaban J connectivity index is 0.00000264. The minimum absolute atomic E-state index is 0. The fourth-order valence-electron chi connectivity index (χ4n) is 2.24. The number of halogens is 1. The molecule has 1 heterocycles. The molecular weight excluding hydrogens is 314 g/mol. The van der Waals surface area contributed by atoms with Gasteiger partial charge in [-0.15, -0.1) is 12.4 Å². The molecular formula is C17H26ClN3O2. The van der Waals surface area contributed by atoms with Crippen molar-refractivity contribution < 1.29 is 9.47 Å². The lowest BCUT2D eigenvalue weighted by atomic mass is 10.2. The third-order valence-corrected chi connectivity index (χ3v) is 3.27. The van der Waals surface area contributed by atoms with Gasteiger partial charge in [0.15, 0.2) is 11.5 Å². The number of ether oxygens (including phenoxy) is 2. The molecule has 0 amide bonds. The molecule has 1 N–H and O–H groups in total. The molecule has 2 aromatic rings. The zero-order valence-corrected chi connectivity index (χ0v) is 14.6. The maximum Gasteiger partial charge on any atom is 0.161 e. The van der Waals surface area contributed by atoms with E-state index >= 15 is 0 Å². The largest absolute Gasteiger partial charge is 0.490 e. The highest BCUT2D eigenvalue weighted by molar-refractivity contribution is 5.85. The summed E-state index contributed by atoms with van der Waals surface area (Å²) < 4.78 is 13.3. The smallest absolute Gasteiger partial charge is 0.161 e. The maximum atomic E-state index is 5.64. The number of benzene rings is 1. The van der Waals surface area contributed by atoms with E-state index in [2.05, 4.69) is 27.0 Å². The molecule has 0 aliphatic rings. The second kappa shape index (κ2) is 10.9. The third-order valence-electron chi connectivity index (χ3n) is 3.27. The molecule has 0 radical (unpaired) electrons. The number of imidazole rings is 1. The summed E-state index contributed by atoms with van der Waals surface area (Å²) in [5.41, 5.74) is 1.20. The molecule has 0 saturated carbocycles. The van der Waals surface area contributed by atoms with Crippen LogP contribution >= 0.6 is 12.4 Å². The molecule has 1 aromatic carbocycles. The van der Waals surface area contributed by atoms with E-state index in [0.717, 1.165) is 37.6 Å². The van der Waals surface area contributed by atoms with Gasteiger partial charge >= 0.3 is 0 Å². The van der Waals surface area contributed by atoms with Gasteiger partial charge in [-0.1, -0.05) is 6.07 Å². The minimum Gasteiger partial charge on any atom is -0.490 e. The summed E-state index contributed by atoms with van der Waals surface area (Å²) >= 11 is 0. The molecule has 0 bridgehead atoms. The first kappa shape index (κ1) is 19.3. The van der Waals surface area contributed by atoms with Crippen LogP contribution in [0.25, 0.3) is 0 Å². The van der Waals surface area contributed by atoms with Crippen molar-refractivity contribution in [2.75, 3.05) is 19.8 Å². The van der Waals surface area contributed by atoms with Crippen molar-refractivity contribution in [1.82, 2.24) is 14.9 Å². The van der Waals surface area contributed by atoms with Crippen molar-refractivity contribution in [3.05, 3.63) is 42.5 Å². The predicted molar refractivity (Wildman–Crippen MR) is 94.6 cm³/mol. The Morgan fingerprint density at radius 1 is 1.13 bits per heavy atom. The van der Waals surface area contributed by atoms with Crippen LogP contribution < -0.4 is 14.8 Å². The molecule has 0 atom stereocenters. The zero-order valence-electron chi connectivity index (χ0n) is 13.8. The summed E-state index contributed by atoms with van der Waals surface area (Å²) in [6.07, 6.45) is 6.72. The Labute approximate surface area is 144 Å². The van der Waals surface area contributed by atoms with Crippen LogP contribution in [-0.4, -0.2) is 29.3 Å². The monoisotopic (exact) mass is 339 g/mol. The average molecular weight is 340 g/mol. The van der Waals surface area contributed by atoms with Crippen molar-refractivity contribution in [2.45, 2.75) is 33.4 Å². The normalized spacial score (nSPS) is 10.2. The summed E-state index contributed by atoms with van der Waals surface area (Å²) in [5, 5.41) is 3.45. The Morgan fingerprint density at radius 2 is 1.91 bits per heavy atom. The van der Waals surface area contributed by atoms with E-state index in [1.54, 1.807) is 0 Å². The van der Waals surface area contributed by atoms with E-state index in [1.165, 1.54) is 5.56 Å². The van der Waals surface area contributed by atoms with Crippen molar-refractivity contribution in [2.24, 2.45) is 0 Å². The first-order valence-corrected chi connectivity index (χ1v) is 7.88. The lowest BCUT2D eigenvalue weighted by Crippen LogP contribution is -2.16. The number of nitrogens with zero attached hydrogens (tertiary/aromatic N) is 2. The van der Waals surface area contributed by atoms with Crippen molar-refractivity contribution >= 4 is 12.4 Å².